The van der Waals surface area contributed by atoms with Crippen LogP contribution in [0.3, 0.4) is 0 Å². The number of aromatic hydroxyl groups is 2. The van der Waals surface area contributed by atoms with Gasteiger partial charge in [0.2, 0.25) is 11.8 Å². The number of amides is 2. The minimum atomic E-state index is 0.0178. The number of phenolic OH excluding ortho intramolecular Hbond substituents is 2. The van der Waals surface area contributed by atoms with Crippen molar-refractivity contribution in [1.29, 1.82) is 0 Å². The Kier molecular flexibility index (Phi) is 27.6. The van der Waals surface area contributed by atoms with Crippen LogP contribution in [0.1, 0.15) is 62.5 Å². The lowest BCUT2D eigenvalue weighted by Gasteiger charge is -2.07. The third-order valence-electron chi connectivity index (χ3n) is 7.34. The molecule has 0 aromatic heterocycles. The molecule has 0 spiro atoms. The van der Waals surface area contributed by atoms with Gasteiger partial charge in [-0.25, -0.2) is 0 Å². The molecule has 0 atom stereocenters. The van der Waals surface area contributed by atoms with Gasteiger partial charge >= 0.3 is 0 Å². The lowest BCUT2D eigenvalue weighted by Crippen LogP contribution is -2.29. The molecular formula is C36H64N8O4. The van der Waals surface area contributed by atoms with Crippen molar-refractivity contribution in [3.8, 4) is 11.5 Å². The van der Waals surface area contributed by atoms with Gasteiger partial charge in [-0.05, 0) is 152 Å². The fraction of sp³-hybridized carbons (Fsp3) is 0.611. The van der Waals surface area contributed by atoms with Gasteiger partial charge in [-0.15, -0.1) is 0 Å². The van der Waals surface area contributed by atoms with Gasteiger partial charge in [-0.1, -0.05) is 24.3 Å². The number of rotatable bonds is 28. The summed E-state index contributed by atoms with van der Waals surface area (Å²) in [5.41, 5.74) is 12.7. The van der Waals surface area contributed by atoms with E-state index in [1.807, 2.05) is 0 Å². The summed E-state index contributed by atoms with van der Waals surface area (Å²) in [6.07, 6.45) is 9.28. The highest BCUT2D eigenvalue weighted by Crippen LogP contribution is 2.10. The van der Waals surface area contributed by atoms with Crippen LogP contribution in [0.4, 0.5) is 0 Å². The molecule has 0 fully saturated rings. The molecular weight excluding hydrogens is 608 g/mol. The fourth-order valence-electron chi connectivity index (χ4n) is 4.56. The molecule has 0 saturated carbocycles. The van der Waals surface area contributed by atoms with Gasteiger partial charge in [0.1, 0.15) is 11.5 Å². The van der Waals surface area contributed by atoms with Gasteiger partial charge in [-0.3, -0.25) is 9.59 Å². The van der Waals surface area contributed by atoms with Gasteiger partial charge < -0.3 is 53.6 Å². The van der Waals surface area contributed by atoms with E-state index in [9.17, 15) is 19.8 Å². The summed E-state index contributed by atoms with van der Waals surface area (Å²) in [4.78, 5) is 23.5. The van der Waals surface area contributed by atoms with Crippen LogP contribution in [0.2, 0.25) is 0 Å². The van der Waals surface area contributed by atoms with E-state index in [0.29, 0.717) is 25.9 Å². The summed E-state index contributed by atoms with van der Waals surface area (Å²) in [5, 5.41) is 37.7. The first kappa shape index (κ1) is 42.8. The van der Waals surface area contributed by atoms with E-state index in [1.54, 1.807) is 48.5 Å². The summed E-state index contributed by atoms with van der Waals surface area (Å²) in [6.45, 7) is 10.8. The van der Waals surface area contributed by atoms with E-state index in [2.05, 4.69) is 31.9 Å². The van der Waals surface area contributed by atoms with Crippen LogP contribution >= 0.6 is 0 Å². The van der Waals surface area contributed by atoms with Gasteiger partial charge in [0.25, 0.3) is 0 Å². The zero-order valence-electron chi connectivity index (χ0n) is 29.0. The average molecular weight is 673 g/mol. The molecule has 48 heavy (non-hydrogen) atoms. The Balaban J connectivity index is 0.000000480. The van der Waals surface area contributed by atoms with E-state index < -0.39 is 0 Å². The van der Waals surface area contributed by atoms with E-state index >= 15 is 0 Å². The quantitative estimate of drug-likeness (QED) is 0.0591. The predicted molar refractivity (Wildman–Crippen MR) is 196 cm³/mol. The van der Waals surface area contributed by atoms with Crippen LogP contribution in [0.15, 0.2) is 48.5 Å². The van der Waals surface area contributed by atoms with Crippen molar-refractivity contribution in [2.45, 2.75) is 64.2 Å². The Morgan fingerprint density at radius 2 is 0.729 bits per heavy atom. The molecule has 2 amide bonds. The number of carbonyl (C=O) groups is 2. The number of carbonyl (C=O) groups excluding carboxylic acids is 2. The number of benzene rings is 2. The SMILES string of the molecule is NCCCNCCCCNCCCNC(=O)Cc1ccc(O)cc1.NCCCNCCCCNCCCNC(=O)Cc1ccc(O)cc1. The summed E-state index contributed by atoms with van der Waals surface area (Å²) < 4.78 is 0. The molecule has 2 aromatic carbocycles. The van der Waals surface area contributed by atoms with Crippen LogP contribution in [-0.2, 0) is 22.4 Å². The highest BCUT2D eigenvalue weighted by Gasteiger charge is 2.04. The second-order valence-electron chi connectivity index (χ2n) is 11.8. The first-order valence-corrected chi connectivity index (χ1v) is 17.8. The number of hydrogen-bond donors (Lipinski definition) is 10. The number of hydrogen-bond acceptors (Lipinski definition) is 10. The molecule has 0 radical (unpaired) electrons. The maximum atomic E-state index is 11.8. The van der Waals surface area contributed by atoms with Crippen LogP contribution in [0, 0.1) is 0 Å². The normalized spacial score (nSPS) is 10.7. The molecule has 2 rings (SSSR count). The maximum Gasteiger partial charge on any atom is 0.224 e. The molecule has 0 heterocycles. The summed E-state index contributed by atoms with van der Waals surface area (Å²) in [6, 6.07) is 13.5. The Hall–Kier alpha value is -3.26. The van der Waals surface area contributed by atoms with Crippen LogP contribution in [0.5, 0.6) is 11.5 Å². The summed E-state index contributed by atoms with van der Waals surface area (Å²) in [5.74, 6) is 0.474. The molecule has 0 saturated heterocycles. The Labute approximate surface area is 288 Å². The van der Waals surface area contributed by atoms with Crippen molar-refractivity contribution in [3.63, 3.8) is 0 Å². The number of nitrogens with one attached hydrogen (secondary N) is 6. The zero-order chi connectivity index (χ0) is 34.9. The van der Waals surface area contributed by atoms with Gasteiger partial charge in [0.05, 0.1) is 12.8 Å². The highest BCUT2D eigenvalue weighted by molar-refractivity contribution is 5.79. The van der Waals surface area contributed by atoms with Gasteiger partial charge in [0.15, 0.2) is 0 Å². The second kappa shape index (κ2) is 31.0. The van der Waals surface area contributed by atoms with Crippen molar-refractivity contribution in [2.75, 3.05) is 78.5 Å². The first-order valence-electron chi connectivity index (χ1n) is 17.8. The lowest BCUT2D eigenvalue weighted by molar-refractivity contribution is -0.121. The molecule has 12 N–H and O–H groups in total. The van der Waals surface area contributed by atoms with E-state index in [1.165, 1.54) is 12.8 Å². The van der Waals surface area contributed by atoms with Crippen LogP contribution < -0.4 is 43.4 Å². The minimum absolute atomic E-state index is 0.0178. The number of phenols is 2. The standard InChI is InChI=1S/2C18H32N4O2/c2*19-9-3-12-20-10-1-2-11-21-13-4-14-22-18(24)15-16-5-7-17(23)8-6-16/h2*5-8,20-21,23H,1-4,9-15,19H2,(H,22,24). The summed E-state index contributed by atoms with van der Waals surface area (Å²) >= 11 is 0. The second-order valence-corrected chi connectivity index (χ2v) is 11.8. The van der Waals surface area contributed by atoms with Crippen molar-refractivity contribution < 1.29 is 19.8 Å². The molecule has 0 aliphatic rings. The van der Waals surface area contributed by atoms with Crippen LogP contribution in [0.25, 0.3) is 0 Å². The lowest BCUT2D eigenvalue weighted by atomic mass is 10.1. The monoisotopic (exact) mass is 673 g/mol. The third-order valence-corrected chi connectivity index (χ3v) is 7.34. The highest BCUT2D eigenvalue weighted by atomic mass is 16.3. The Morgan fingerprint density at radius 1 is 0.438 bits per heavy atom. The van der Waals surface area contributed by atoms with Crippen molar-refractivity contribution in [1.82, 2.24) is 31.9 Å². The molecule has 12 nitrogen and oxygen atoms in total. The third kappa shape index (κ3) is 26.8. The topological polar surface area (TPSA) is 199 Å². The average Bonchev–Trinajstić information content (AvgIpc) is 3.08. The van der Waals surface area contributed by atoms with Crippen LogP contribution in [-0.4, -0.2) is 101 Å². The van der Waals surface area contributed by atoms with E-state index in [-0.39, 0.29) is 23.3 Å². The zero-order valence-corrected chi connectivity index (χ0v) is 29.0. The smallest absolute Gasteiger partial charge is 0.224 e. The number of nitrogens with two attached hydrogens (primary N) is 2. The molecule has 2 aromatic rings. The Bertz CT molecular complexity index is 958. The van der Waals surface area contributed by atoms with Crippen molar-refractivity contribution >= 4 is 11.8 Å². The molecule has 0 bridgehead atoms. The predicted octanol–water partition coefficient (Wildman–Crippen LogP) is 1.50. The molecule has 0 aliphatic carbocycles. The molecule has 272 valence electrons. The number of unbranched alkanes of at least 4 members (excludes halogenated alkanes) is 2. The minimum Gasteiger partial charge on any atom is -0.508 e. The molecule has 0 aliphatic heterocycles. The molecule has 0 unspecified atom stereocenters. The maximum absolute atomic E-state index is 11.8. The largest absolute Gasteiger partial charge is 0.508 e. The van der Waals surface area contributed by atoms with Gasteiger partial charge in [0, 0.05) is 13.1 Å². The van der Waals surface area contributed by atoms with E-state index in [0.717, 1.165) is 115 Å². The van der Waals surface area contributed by atoms with E-state index in [4.69, 9.17) is 11.5 Å². The van der Waals surface area contributed by atoms with Crippen molar-refractivity contribution in [2.24, 2.45) is 11.5 Å². The first-order chi connectivity index (χ1) is 23.4. The van der Waals surface area contributed by atoms with Gasteiger partial charge in [-0.2, -0.15) is 0 Å². The Morgan fingerprint density at radius 3 is 1.04 bits per heavy atom. The molecule has 12 heteroatoms. The fourth-order valence-corrected chi connectivity index (χ4v) is 4.56. The van der Waals surface area contributed by atoms with Crippen molar-refractivity contribution in [3.05, 3.63) is 59.7 Å². The summed E-state index contributed by atoms with van der Waals surface area (Å²) in [7, 11) is 0.